The Kier molecular flexibility index (Phi) is 5.28. The standard InChI is InChI=1S/C20H18F2N6O/c21-14-4-5-16(15(22)13-14)25-19(29)17-6-8-24-20(26-17)28-11-9-27(10-12-28)18-3-1-2-7-23-18/h1-8,13H,9-12H2,(H,25,29). The molecule has 1 amide bonds. The number of aromatic nitrogens is 3. The molecule has 1 aliphatic heterocycles. The van der Waals surface area contributed by atoms with Crippen molar-refractivity contribution in [2.75, 3.05) is 41.3 Å². The summed E-state index contributed by atoms with van der Waals surface area (Å²) in [6, 6.07) is 10.2. The van der Waals surface area contributed by atoms with Crippen LogP contribution in [-0.4, -0.2) is 47.0 Å². The van der Waals surface area contributed by atoms with E-state index in [1.54, 1.807) is 6.20 Å². The van der Waals surface area contributed by atoms with Gasteiger partial charge in [-0.05, 0) is 30.3 Å². The number of amides is 1. The van der Waals surface area contributed by atoms with E-state index >= 15 is 0 Å². The summed E-state index contributed by atoms with van der Waals surface area (Å²) < 4.78 is 26.8. The zero-order valence-corrected chi connectivity index (χ0v) is 15.4. The summed E-state index contributed by atoms with van der Waals surface area (Å²) in [4.78, 5) is 29.5. The van der Waals surface area contributed by atoms with Gasteiger partial charge in [0.05, 0.1) is 5.69 Å². The highest BCUT2D eigenvalue weighted by Gasteiger charge is 2.21. The lowest BCUT2D eigenvalue weighted by Gasteiger charge is -2.35. The lowest BCUT2D eigenvalue weighted by molar-refractivity contribution is 0.102. The Morgan fingerprint density at radius 3 is 2.45 bits per heavy atom. The molecule has 0 unspecified atom stereocenters. The first-order chi connectivity index (χ1) is 14.1. The molecule has 148 valence electrons. The van der Waals surface area contributed by atoms with Crippen molar-refractivity contribution in [1.82, 2.24) is 15.0 Å². The van der Waals surface area contributed by atoms with Gasteiger partial charge < -0.3 is 15.1 Å². The van der Waals surface area contributed by atoms with E-state index in [0.29, 0.717) is 25.1 Å². The predicted molar refractivity (Wildman–Crippen MR) is 105 cm³/mol. The number of benzene rings is 1. The van der Waals surface area contributed by atoms with Crippen LogP contribution in [0.15, 0.2) is 54.9 Å². The molecule has 0 saturated carbocycles. The van der Waals surface area contributed by atoms with Gasteiger partial charge in [-0.2, -0.15) is 0 Å². The van der Waals surface area contributed by atoms with Crippen molar-refractivity contribution in [3.8, 4) is 0 Å². The monoisotopic (exact) mass is 396 g/mol. The summed E-state index contributed by atoms with van der Waals surface area (Å²) in [5.74, 6) is -0.806. The van der Waals surface area contributed by atoms with Gasteiger partial charge in [-0.15, -0.1) is 0 Å². The molecule has 0 aliphatic carbocycles. The fourth-order valence-corrected chi connectivity index (χ4v) is 3.08. The minimum atomic E-state index is -0.849. The number of carbonyl (C=O) groups excluding carboxylic acids is 1. The summed E-state index contributed by atoms with van der Waals surface area (Å²) in [5, 5.41) is 2.41. The molecule has 1 saturated heterocycles. The molecule has 3 heterocycles. The van der Waals surface area contributed by atoms with Crippen molar-refractivity contribution in [2.24, 2.45) is 0 Å². The Hall–Kier alpha value is -3.62. The number of nitrogens with zero attached hydrogens (tertiary/aromatic N) is 5. The van der Waals surface area contributed by atoms with E-state index in [0.717, 1.165) is 25.0 Å². The van der Waals surface area contributed by atoms with E-state index in [9.17, 15) is 13.6 Å². The average Bonchev–Trinajstić information content (AvgIpc) is 2.76. The number of rotatable bonds is 4. The summed E-state index contributed by atoms with van der Waals surface area (Å²) in [5.41, 5.74) is -0.00795. The predicted octanol–water partition coefficient (Wildman–Crippen LogP) is 2.73. The third kappa shape index (κ3) is 4.29. The maximum Gasteiger partial charge on any atom is 0.274 e. The van der Waals surface area contributed by atoms with Crippen LogP contribution in [0.2, 0.25) is 0 Å². The fourth-order valence-electron chi connectivity index (χ4n) is 3.08. The van der Waals surface area contributed by atoms with Crippen LogP contribution in [0.25, 0.3) is 0 Å². The molecule has 2 aromatic heterocycles. The lowest BCUT2D eigenvalue weighted by atomic mass is 10.2. The normalized spacial score (nSPS) is 14.0. The maximum atomic E-state index is 13.8. The Morgan fingerprint density at radius 2 is 1.72 bits per heavy atom. The van der Waals surface area contributed by atoms with Crippen molar-refractivity contribution in [2.45, 2.75) is 0 Å². The van der Waals surface area contributed by atoms with Crippen LogP contribution >= 0.6 is 0 Å². The first-order valence-electron chi connectivity index (χ1n) is 9.10. The van der Waals surface area contributed by atoms with Crippen molar-refractivity contribution in [3.63, 3.8) is 0 Å². The molecule has 29 heavy (non-hydrogen) atoms. The van der Waals surface area contributed by atoms with Crippen LogP contribution in [0, 0.1) is 11.6 Å². The van der Waals surface area contributed by atoms with Crippen LogP contribution in [0.1, 0.15) is 10.5 Å². The minimum Gasteiger partial charge on any atom is -0.353 e. The van der Waals surface area contributed by atoms with Crippen molar-refractivity contribution in [1.29, 1.82) is 0 Å². The van der Waals surface area contributed by atoms with Crippen LogP contribution < -0.4 is 15.1 Å². The molecule has 0 bridgehead atoms. The first-order valence-corrected chi connectivity index (χ1v) is 9.10. The smallest absolute Gasteiger partial charge is 0.274 e. The average molecular weight is 396 g/mol. The molecule has 0 spiro atoms. The van der Waals surface area contributed by atoms with Gasteiger partial charge in [0.2, 0.25) is 5.95 Å². The third-order valence-corrected chi connectivity index (χ3v) is 4.59. The molecule has 0 radical (unpaired) electrons. The molecule has 1 fully saturated rings. The molecular weight excluding hydrogens is 378 g/mol. The van der Waals surface area contributed by atoms with Gasteiger partial charge in [-0.25, -0.2) is 23.7 Å². The van der Waals surface area contributed by atoms with Gasteiger partial charge >= 0.3 is 0 Å². The van der Waals surface area contributed by atoms with Gasteiger partial charge in [0.1, 0.15) is 23.1 Å². The molecule has 1 N–H and O–H groups in total. The molecule has 0 atom stereocenters. The molecule has 9 heteroatoms. The first kappa shape index (κ1) is 18.7. The number of halogens is 2. The largest absolute Gasteiger partial charge is 0.353 e. The topological polar surface area (TPSA) is 74.2 Å². The summed E-state index contributed by atoms with van der Waals surface area (Å²) >= 11 is 0. The molecular formula is C20H18F2N6O. The highest BCUT2D eigenvalue weighted by Crippen LogP contribution is 2.18. The summed E-state index contributed by atoms with van der Waals surface area (Å²) in [6.07, 6.45) is 3.25. The highest BCUT2D eigenvalue weighted by molar-refractivity contribution is 6.03. The van der Waals surface area contributed by atoms with E-state index in [1.807, 2.05) is 23.1 Å². The van der Waals surface area contributed by atoms with Crippen LogP contribution in [0.3, 0.4) is 0 Å². The van der Waals surface area contributed by atoms with E-state index in [-0.39, 0.29) is 11.4 Å². The van der Waals surface area contributed by atoms with Crippen LogP contribution in [-0.2, 0) is 0 Å². The van der Waals surface area contributed by atoms with Gasteiger partial charge in [0.15, 0.2) is 0 Å². The van der Waals surface area contributed by atoms with Gasteiger partial charge in [0, 0.05) is 44.6 Å². The zero-order chi connectivity index (χ0) is 20.2. The maximum absolute atomic E-state index is 13.8. The summed E-state index contributed by atoms with van der Waals surface area (Å²) in [7, 11) is 0. The van der Waals surface area contributed by atoms with E-state index in [4.69, 9.17) is 0 Å². The van der Waals surface area contributed by atoms with Crippen molar-refractivity contribution in [3.05, 3.63) is 72.2 Å². The highest BCUT2D eigenvalue weighted by atomic mass is 19.1. The molecule has 3 aromatic rings. The number of hydrogen-bond donors (Lipinski definition) is 1. The SMILES string of the molecule is O=C(Nc1ccc(F)cc1F)c1ccnc(N2CCN(c3ccccn3)CC2)n1. The quantitative estimate of drug-likeness (QED) is 0.731. The Balaban J connectivity index is 1.43. The second-order valence-electron chi connectivity index (χ2n) is 6.48. The molecule has 7 nitrogen and oxygen atoms in total. The van der Waals surface area contributed by atoms with Crippen molar-refractivity contribution >= 4 is 23.4 Å². The van der Waals surface area contributed by atoms with Crippen molar-refractivity contribution < 1.29 is 13.6 Å². The molecule has 4 rings (SSSR count). The van der Waals surface area contributed by atoms with Gasteiger partial charge in [0.25, 0.3) is 5.91 Å². The number of anilines is 3. The Labute approximate surface area is 166 Å². The van der Waals surface area contributed by atoms with Crippen LogP contribution in [0.5, 0.6) is 0 Å². The minimum absolute atomic E-state index is 0.103. The second-order valence-corrected chi connectivity index (χ2v) is 6.48. The summed E-state index contributed by atoms with van der Waals surface area (Å²) in [6.45, 7) is 2.84. The molecule has 1 aromatic carbocycles. The third-order valence-electron chi connectivity index (χ3n) is 4.59. The van der Waals surface area contributed by atoms with Gasteiger partial charge in [-0.3, -0.25) is 4.79 Å². The Morgan fingerprint density at radius 1 is 0.931 bits per heavy atom. The number of hydrogen-bond acceptors (Lipinski definition) is 6. The van der Waals surface area contributed by atoms with Crippen LogP contribution in [0.4, 0.5) is 26.2 Å². The van der Waals surface area contributed by atoms with E-state index in [1.165, 1.54) is 18.3 Å². The number of piperazine rings is 1. The van der Waals surface area contributed by atoms with E-state index in [2.05, 4.69) is 25.2 Å². The second kappa shape index (κ2) is 8.17. The van der Waals surface area contributed by atoms with Gasteiger partial charge in [-0.1, -0.05) is 6.07 Å². The zero-order valence-electron chi connectivity index (χ0n) is 15.4. The lowest BCUT2D eigenvalue weighted by Crippen LogP contribution is -2.47. The Bertz CT molecular complexity index is 1010. The fraction of sp³-hybridized carbons (Fsp3) is 0.200. The number of carbonyl (C=O) groups is 1. The molecule has 1 aliphatic rings. The van der Waals surface area contributed by atoms with E-state index < -0.39 is 17.5 Å². The number of pyridine rings is 1. The number of nitrogens with one attached hydrogen (secondary N) is 1.